The number of nitrogens with zero attached hydrogens (tertiary/aromatic N) is 3. The lowest BCUT2D eigenvalue weighted by molar-refractivity contribution is -0.116. The van der Waals surface area contributed by atoms with Crippen LogP contribution >= 0.6 is 27.7 Å². The molecule has 2 heterocycles. The monoisotopic (exact) mass is 418 g/mol. The van der Waals surface area contributed by atoms with E-state index in [1.165, 1.54) is 17.3 Å². The second-order valence-electron chi connectivity index (χ2n) is 6.55. The molecule has 1 aromatic carbocycles. The molecular formula is C18H19BrN4OS. The standard InChI is InChI=1S/C18H19BrN4OS/c1-10-3-5-11(6-4-10)16-20-14-8-7-12(19)9-13(14)15-17(24)21-18(25-2)22-23(15)16/h3,7-9,11,16H,4-6H2,1-2H3,(H,21,22,24)/t11-,16-/m1/s1. The summed E-state index contributed by atoms with van der Waals surface area (Å²) in [5.41, 5.74) is 2.03. The third-order valence-corrected chi connectivity index (χ3v) is 5.96. The smallest absolute Gasteiger partial charge is 0.276 e. The quantitative estimate of drug-likeness (QED) is 0.711. The number of amidine groups is 1. The molecule has 3 aliphatic rings. The van der Waals surface area contributed by atoms with E-state index < -0.39 is 0 Å². The lowest BCUT2D eigenvalue weighted by Crippen LogP contribution is -2.54. The van der Waals surface area contributed by atoms with Crippen LogP contribution in [0.5, 0.6) is 0 Å². The zero-order valence-electron chi connectivity index (χ0n) is 14.1. The highest BCUT2D eigenvalue weighted by Gasteiger charge is 2.37. The summed E-state index contributed by atoms with van der Waals surface area (Å²) in [5.74, 6) is 0.245. The number of allylic oxidation sites excluding steroid dienone is 2. The van der Waals surface area contributed by atoms with Crippen LogP contribution < -0.4 is 15.9 Å². The van der Waals surface area contributed by atoms with E-state index >= 15 is 0 Å². The molecule has 1 aliphatic carbocycles. The zero-order valence-corrected chi connectivity index (χ0v) is 16.5. The van der Waals surface area contributed by atoms with E-state index in [1.807, 2.05) is 29.5 Å². The first-order chi connectivity index (χ1) is 12.1. The largest absolute Gasteiger partial charge is 0.298 e. The summed E-state index contributed by atoms with van der Waals surface area (Å²) in [4.78, 5) is 17.8. The maximum Gasteiger partial charge on any atom is 0.276 e. The average molecular weight is 419 g/mol. The second-order valence-corrected chi connectivity index (χ2v) is 8.26. The predicted octanol–water partition coefficient (Wildman–Crippen LogP) is 2.33. The molecule has 7 heteroatoms. The summed E-state index contributed by atoms with van der Waals surface area (Å²) in [6.07, 6.45) is 7.19. The fraction of sp³-hybridized carbons (Fsp3) is 0.389. The number of halogens is 1. The molecule has 0 saturated carbocycles. The van der Waals surface area contributed by atoms with Gasteiger partial charge >= 0.3 is 0 Å². The van der Waals surface area contributed by atoms with Crippen LogP contribution in [-0.2, 0) is 4.79 Å². The minimum absolute atomic E-state index is 0.110. The zero-order chi connectivity index (χ0) is 17.6. The van der Waals surface area contributed by atoms with Gasteiger partial charge in [0.15, 0.2) is 5.17 Å². The third-order valence-electron chi connectivity index (χ3n) is 4.89. The van der Waals surface area contributed by atoms with E-state index in [9.17, 15) is 4.79 Å². The van der Waals surface area contributed by atoms with Crippen molar-refractivity contribution in [3.63, 3.8) is 0 Å². The van der Waals surface area contributed by atoms with Crippen LogP contribution in [0.15, 0.2) is 44.4 Å². The van der Waals surface area contributed by atoms with Gasteiger partial charge in [-0.2, -0.15) is 0 Å². The number of carbonyl (C=O) groups is 1. The van der Waals surface area contributed by atoms with Crippen molar-refractivity contribution in [1.82, 2.24) is 10.3 Å². The molecule has 25 heavy (non-hydrogen) atoms. The summed E-state index contributed by atoms with van der Waals surface area (Å²) < 4.78 is 0.927. The number of rotatable bonds is 1. The Morgan fingerprint density at radius 1 is 1.40 bits per heavy atom. The Kier molecular flexibility index (Phi) is 4.45. The van der Waals surface area contributed by atoms with Gasteiger partial charge in [-0.1, -0.05) is 39.3 Å². The van der Waals surface area contributed by atoms with E-state index in [2.05, 4.69) is 34.2 Å². The number of benzene rings is 1. The molecular weight excluding hydrogens is 400 g/mol. The van der Waals surface area contributed by atoms with Crippen LogP contribution in [0, 0.1) is 5.92 Å². The van der Waals surface area contributed by atoms with Gasteiger partial charge in [0.1, 0.15) is 11.9 Å². The molecule has 0 unspecified atom stereocenters. The summed E-state index contributed by atoms with van der Waals surface area (Å²) in [7, 11) is 0. The maximum absolute atomic E-state index is 12.8. The van der Waals surface area contributed by atoms with Gasteiger partial charge in [0.05, 0.1) is 5.36 Å². The van der Waals surface area contributed by atoms with Crippen molar-refractivity contribution >= 4 is 44.5 Å². The van der Waals surface area contributed by atoms with Crippen LogP contribution in [0.4, 0.5) is 0 Å². The first kappa shape index (κ1) is 16.8. The van der Waals surface area contributed by atoms with Crippen LogP contribution in [0.25, 0.3) is 5.70 Å². The first-order valence-corrected chi connectivity index (χ1v) is 10.3. The van der Waals surface area contributed by atoms with Crippen LogP contribution in [0.1, 0.15) is 26.2 Å². The van der Waals surface area contributed by atoms with Crippen molar-refractivity contribution in [3.8, 4) is 0 Å². The van der Waals surface area contributed by atoms with Crippen molar-refractivity contribution in [3.05, 3.63) is 44.9 Å². The first-order valence-electron chi connectivity index (χ1n) is 8.33. The third kappa shape index (κ3) is 3.04. The SMILES string of the molecule is CSC1=NN2C(=c3cc(Br)ccc3=N[C@H]2[C@@H]2CC=C(C)CC2)C(=O)N1. The minimum Gasteiger partial charge on any atom is -0.298 e. The summed E-state index contributed by atoms with van der Waals surface area (Å²) in [6, 6.07) is 5.89. The number of fused-ring (bicyclic) bond motifs is 2. The molecule has 2 atom stereocenters. The van der Waals surface area contributed by atoms with Crippen molar-refractivity contribution in [2.45, 2.75) is 32.4 Å². The average Bonchev–Trinajstić information content (AvgIpc) is 2.61. The highest BCUT2D eigenvalue weighted by molar-refractivity contribution is 9.10. The second kappa shape index (κ2) is 6.61. The molecule has 1 aromatic rings. The van der Waals surface area contributed by atoms with E-state index in [-0.39, 0.29) is 12.1 Å². The molecule has 4 rings (SSSR count). The van der Waals surface area contributed by atoms with Crippen LogP contribution in [0.3, 0.4) is 0 Å². The lowest BCUT2D eigenvalue weighted by atomic mass is 9.87. The molecule has 1 amide bonds. The molecule has 2 aliphatic heterocycles. The van der Waals surface area contributed by atoms with Crippen LogP contribution in [0.2, 0.25) is 0 Å². The highest BCUT2D eigenvalue weighted by atomic mass is 79.9. The summed E-state index contributed by atoms with van der Waals surface area (Å²) >= 11 is 4.94. The molecule has 0 fully saturated rings. The maximum atomic E-state index is 12.8. The van der Waals surface area contributed by atoms with E-state index in [1.54, 1.807) is 0 Å². The molecule has 130 valence electrons. The summed E-state index contributed by atoms with van der Waals surface area (Å²) in [6.45, 7) is 2.18. The Morgan fingerprint density at radius 2 is 2.24 bits per heavy atom. The van der Waals surface area contributed by atoms with E-state index in [4.69, 9.17) is 10.1 Å². The van der Waals surface area contributed by atoms with Crippen molar-refractivity contribution in [1.29, 1.82) is 0 Å². The van der Waals surface area contributed by atoms with Gasteiger partial charge in [0, 0.05) is 15.6 Å². The van der Waals surface area contributed by atoms with E-state index in [0.717, 1.165) is 34.3 Å². The number of carbonyl (C=O) groups excluding carboxylic acids is 1. The number of hydrazone groups is 1. The molecule has 0 aromatic heterocycles. The molecule has 0 spiro atoms. The number of amides is 1. The normalized spacial score (nSPS) is 25.3. The van der Waals surface area contributed by atoms with E-state index in [0.29, 0.717) is 16.8 Å². The number of thioether (sulfide) groups is 1. The Morgan fingerprint density at radius 3 is 2.96 bits per heavy atom. The summed E-state index contributed by atoms with van der Waals surface area (Å²) in [5, 5.41) is 11.7. The molecule has 5 nitrogen and oxygen atoms in total. The Balaban J connectivity index is 1.89. The lowest BCUT2D eigenvalue weighted by Gasteiger charge is -2.38. The fourth-order valence-electron chi connectivity index (χ4n) is 3.53. The Hall–Kier alpha value is -1.60. The number of hydrogen-bond acceptors (Lipinski definition) is 5. The van der Waals surface area contributed by atoms with Crippen LogP contribution in [-0.4, -0.2) is 28.5 Å². The molecule has 0 saturated heterocycles. The minimum atomic E-state index is -0.138. The van der Waals surface area contributed by atoms with Gasteiger partial charge < -0.3 is 0 Å². The Bertz CT molecular complexity index is 923. The van der Waals surface area contributed by atoms with Gasteiger partial charge in [0.2, 0.25) is 0 Å². The topological polar surface area (TPSA) is 57.1 Å². The molecule has 0 radical (unpaired) electrons. The van der Waals surface area contributed by atoms with Gasteiger partial charge in [-0.3, -0.25) is 15.1 Å². The Labute approximate surface area is 159 Å². The number of nitrogens with one attached hydrogen (secondary N) is 1. The van der Waals surface area contributed by atoms with Crippen molar-refractivity contribution in [2.24, 2.45) is 16.0 Å². The molecule has 0 bridgehead atoms. The van der Waals surface area contributed by atoms with Gasteiger partial charge in [-0.05, 0) is 50.6 Å². The van der Waals surface area contributed by atoms with Gasteiger partial charge in [-0.25, -0.2) is 5.01 Å². The van der Waals surface area contributed by atoms with Crippen molar-refractivity contribution < 1.29 is 4.79 Å². The van der Waals surface area contributed by atoms with Crippen molar-refractivity contribution in [2.75, 3.05) is 6.26 Å². The van der Waals surface area contributed by atoms with Gasteiger partial charge in [0.25, 0.3) is 5.91 Å². The molecule has 1 N–H and O–H groups in total. The predicted molar refractivity (Wildman–Crippen MR) is 104 cm³/mol. The number of hydrogen-bond donors (Lipinski definition) is 1. The van der Waals surface area contributed by atoms with Gasteiger partial charge in [-0.15, -0.1) is 5.10 Å². The fourth-order valence-corrected chi connectivity index (χ4v) is 4.26. The highest BCUT2D eigenvalue weighted by Crippen LogP contribution is 2.32.